The van der Waals surface area contributed by atoms with Crippen molar-refractivity contribution >= 4 is 40.2 Å². The predicted molar refractivity (Wildman–Crippen MR) is 107 cm³/mol. The Bertz CT molecular complexity index is 1160. The van der Waals surface area contributed by atoms with E-state index in [1.807, 2.05) is 24.3 Å². The van der Waals surface area contributed by atoms with Gasteiger partial charge in [-0.3, -0.25) is 0 Å². The van der Waals surface area contributed by atoms with Crippen LogP contribution in [0.1, 0.15) is 10.4 Å². The number of carboxylic acids is 1. The molecule has 0 saturated carbocycles. The van der Waals surface area contributed by atoms with Gasteiger partial charge >= 0.3 is 5.97 Å². The summed E-state index contributed by atoms with van der Waals surface area (Å²) in [5, 5.41) is 10.7. The first-order valence-electron chi connectivity index (χ1n) is 8.09. The zero-order valence-electron chi connectivity index (χ0n) is 13.9. The molecule has 1 heterocycles. The maximum Gasteiger partial charge on any atom is 0.337 e. The average Bonchev–Trinajstić information content (AvgIpc) is 2.67. The summed E-state index contributed by atoms with van der Waals surface area (Å²) in [4.78, 5) is 21.0. The molecule has 1 N–H and O–H groups in total. The van der Waals surface area contributed by atoms with Gasteiger partial charge in [-0.1, -0.05) is 53.5 Å². The number of nitrogens with zero attached hydrogens (tertiary/aromatic N) is 2. The van der Waals surface area contributed by atoms with Gasteiger partial charge in [-0.25, -0.2) is 14.8 Å². The Morgan fingerprint density at radius 1 is 0.741 bits per heavy atom. The molecule has 0 amide bonds. The molecule has 4 aromatic rings. The van der Waals surface area contributed by atoms with Crippen LogP contribution in [0.5, 0.6) is 0 Å². The molecule has 27 heavy (non-hydrogen) atoms. The second kappa shape index (κ2) is 6.99. The van der Waals surface area contributed by atoms with Crippen molar-refractivity contribution in [2.24, 2.45) is 0 Å². The van der Waals surface area contributed by atoms with Gasteiger partial charge in [-0.15, -0.1) is 0 Å². The van der Waals surface area contributed by atoms with Crippen LogP contribution in [-0.4, -0.2) is 21.0 Å². The molecule has 0 saturated heterocycles. The Labute approximate surface area is 165 Å². The summed E-state index contributed by atoms with van der Waals surface area (Å²) in [6.45, 7) is 0. The number of para-hydroxylation sites is 1. The Balaban J connectivity index is 2.05. The van der Waals surface area contributed by atoms with Gasteiger partial charge in [0.15, 0.2) is 0 Å². The molecule has 132 valence electrons. The van der Waals surface area contributed by atoms with E-state index in [2.05, 4.69) is 4.98 Å². The maximum absolute atomic E-state index is 11.6. The van der Waals surface area contributed by atoms with Gasteiger partial charge in [-0.05, 0) is 36.4 Å². The lowest BCUT2D eigenvalue weighted by atomic mass is 10.0. The van der Waals surface area contributed by atoms with Crippen molar-refractivity contribution in [3.05, 3.63) is 82.3 Å². The molecule has 0 bridgehead atoms. The summed E-state index contributed by atoms with van der Waals surface area (Å²) in [7, 11) is 0. The smallest absolute Gasteiger partial charge is 0.337 e. The van der Waals surface area contributed by atoms with Crippen LogP contribution in [-0.2, 0) is 0 Å². The topological polar surface area (TPSA) is 63.1 Å². The Morgan fingerprint density at radius 2 is 1.26 bits per heavy atom. The summed E-state index contributed by atoms with van der Waals surface area (Å²) in [6, 6.07) is 19.4. The maximum atomic E-state index is 11.6. The first-order chi connectivity index (χ1) is 13.0. The fourth-order valence-corrected chi connectivity index (χ4v) is 3.12. The lowest BCUT2D eigenvalue weighted by Crippen LogP contribution is -2.02. The molecule has 0 aliphatic heterocycles. The molecule has 6 heteroatoms. The molecule has 4 nitrogen and oxygen atoms in total. The molecule has 3 aromatic carbocycles. The van der Waals surface area contributed by atoms with E-state index in [1.165, 1.54) is 6.07 Å². The first kappa shape index (κ1) is 17.5. The number of carbonyl (C=O) groups is 1. The van der Waals surface area contributed by atoms with E-state index >= 15 is 0 Å². The molecule has 4 rings (SSSR count). The standard InChI is InChI=1S/C21H12Cl2N2O2/c22-14-8-4-12(5-9-14)18-19(13-6-10-15(23)11-7-13)25-20-16(21(26)27)2-1-3-17(20)24-18/h1-11H,(H,26,27). The summed E-state index contributed by atoms with van der Waals surface area (Å²) in [5.74, 6) is -1.05. The van der Waals surface area contributed by atoms with Gasteiger partial charge in [0, 0.05) is 21.2 Å². The highest BCUT2D eigenvalue weighted by molar-refractivity contribution is 6.31. The molecule has 0 aliphatic carbocycles. The summed E-state index contributed by atoms with van der Waals surface area (Å²) < 4.78 is 0. The molecule has 0 aliphatic rings. The quantitative estimate of drug-likeness (QED) is 0.464. The average molecular weight is 395 g/mol. The van der Waals surface area contributed by atoms with Crippen LogP contribution in [0.25, 0.3) is 33.5 Å². The van der Waals surface area contributed by atoms with Gasteiger partial charge in [0.05, 0.1) is 22.5 Å². The number of aromatic nitrogens is 2. The molecule has 0 radical (unpaired) electrons. The summed E-state index contributed by atoms with van der Waals surface area (Å²) >= 11 is 12.0. The van der Waals surface area contributed by atoms with Gasteiger partial charge in [0.2, 0.25) is 0 Å². The summed E-state index contributed by atoms with van der Waals surface area (Å²) in [5.41, 5.74) is 3.81. The fourth-order valence-electron chi connectivity index (χ4n) is 2.87. The highest BCUT2D eigenvalue weighted by Gasteiger charge is 2.17. The van der Waals surface area contributed by atoms with Gasteiger partial charge in [-0.2, -0.15) is 0 Å². The number of halogens is 2. The van der Waals surface area contributed by atoms with Crippen LogP contribution >= 0.6 is 23.2 Å². The first-order valence-corrected chi connectivity index (χ1v) is 8.84. The largest absolute Gasteiger partial charge is 0.478 e. The third kappa shape index (κ3) is 3.37. The Kier molecular flexibility index (Phi) is 4.52. The molecule has 1 aromatic heterocycles. The normalized spacial score (nSPS) is 10.9. The second-order valence-electron chi connectivity index (χ2n) is 5.91. The minimum absolute atomic E-state index is 0.109. The van der Waals surface area contributed by atoms with Crippen molar-refractivity contribution in [1.82, 2.24) is 9.97 Å². The van der Waals surface area contributed by atoms with Crippen molar-refractivity contribution in [3.63, 3.8) is 0 Å². The molecular weight excluding hydrogens is 383 g/mol. The monoisotopic (exact) mass is 394 g/mol. The van der Waals surface area contributed by atoms with Crippen LogP contribution in [0.3, 0.4) is 0 Å². The van der Waals surface area contributed by atoms with Crippen molar-refractivity contribution in [2.75, 3.05) is 0 Å². The molecule has 0 atom stereocenters. The summed E-state index contributed by atoms with van der Waals surface area (Å²) in [6.07, 6.45) is 0. The number of aromatic carboxylic acids is 1. The Morgan fingerprint density at radius 3 is 1.78 bits per heavy atom. The zero-order valence-corrected chi connectivity index (χ0v) is 15.4. The highest BCUT2D eigenvalue weighted by atomic mass is 35.5. The van der Waals surface area contributed by atoms with Crippen LogP contribution in [0.2, 0.25) is 10.0 Å². The van der Waals surface area contributed by atoms with Gasteiger partial charge in [0.25, 0.3) is 0 Å². The number of hydrogen-bond acceptors (Lipinski definition) is 3. The van der Waals surface area contributed by atoms with Crippen LogP contribution in [0.15, 0.2) is 66.7 Å². The van der Waals surface area contributed by atoms with E-state index in [0.29, 0.717) is 32.5 Å². The minimum Gasteiger partial charge on any atom is -0.478 e. The zero-order chi connectivity index (χ0) is 19.0. The fraction of sp³-hybridized carbons (Fsp3) is 0. The second-order valence-corrected chi connectivity index (χ2v) is 6.79. The van der Waals surface area contributed by atoms with Crippen molar-refractivity contribution in [2.45, 2.75) is 0 Å². The SMILES string of the molecule is O=C(O)c1cccc2nc(-c3ccc(Cl)cc3)c(-c3ccc(Cl)cc3)nc12. The lowest BCUT2D eigenvalue weighted by Gasteiger charge is -2.12. The third-order valence-electron chi connectivity index (χ3n) is 4.16. The van der Waals surface area contributed by atoms with Crippen molar-refractivity contribution in [3.8, 4) is 22.5 Å². The Hall–Kier alpha value is -2.95. The number of rotatable bonds is 3. The van der Waals surface area contributed by atoms with Crippen LogP contribution < -0.4 is 0 Å². The highest BCUT2D eigenvalue weighted by Crippen LogP contribution is 2.33. The predicted octanol–water partition coefficient (Wildman–Crippen LogP) is 5.97. The van der Waals surface area contributed by atoms with Crippen molar-refractivity contribution < 1.29 is 9.90 Å². The molecule has 0 spiro atoms. The van der Waals surface area contributed by atoms with E-state index in [4.69, 9.17) is 28.2 Å². The van der Waals surface area contributed by atoms with Crippen molar-refractivity contribution in [1.29, 1.82) is 0 Å². The third-order valence-corrected chi connectivity index (χ3v) is 4.66. The molecule has 0 fully saturated rings. The van der Waals surface area contributed by atoms with Crippen LogP contribution in [0.4, 0.5) is 0 Å². The van der Waals surface area contributed by atoms with E-state index in [0.717, 1.165) is 11.1 Å². The number of hydrogen-bond donors (Lipinski definition) is 1. The van der Waals surface area contributed by atoms with Crippen LogP contribution in [0, 0.1) is 0 Å². The van der Waals surface area contributed by atoms with E-state index < -0.39 is 5.97 Å². The molecular formula is C21H12Cl2N2O2. The van der Waals surface area contributed by atoms with E-state index in [9.17, 15) is 9.90 Å². The molecule has 0 unspecified atom stereocenters. The van der Waals surface area contributed by atoms with Gasteiger partial charge in [0.1, 0.15) is 5.52 Å². The van der Waals surface area contributed by atoms with E-state index in [-0.39, 0.29) is 5.56 Å². The van der Waals surface area contributed by atoms with Gasteiger partial charge < -0.3 is 5.11 Å². The lowest BCUT2D eigenvalue weighted by molar-refractivity contribution is 0.0699. The number of carboxylic acid groups (broad SMARTS) is 1. The number of fused-ring (bicyclic) bond motifs is 1. The number of benzene rings is 3. The minimum atomic E-state index is -1.05. The van der Waals surface area contributed by atoms with E-state index in [1.54, 1.807) is 36.4 Å².